The van der Waals surface area contributed by atoms with E-state index in [1.807, 2.05) is 12.1 Å². The summed E-state index contributed by atoms with van der Waals surface area (Å²) in [5.74, 6) is -0.915. The first-order chi connectivity index (χ1) is 8.58. The molecule has 1 aromatic carbocycles. The quantitative estimate of drug-likeness (QED) is 0.750. The van der Waals surface area contributed by atoms with Crippen LogP contribution >= 0.6 is 38.5 Å². The zero-order valence-electron chi connectivity index (χ0n) is 8.95. The van der Waals surface area contributed by atoms with Gasteiger partial charge in [0, 0.05) is 14.2 Å². The van der Waals surface area contributed by atoms with E-state index in [1.165, 1.54) is 12.3 Å². The number of amides is 1. The second-order valence-electron chi connectivity index (χ2n) is 3.43. The fourth-order valence-electron chi connectivity index (χ4n) is 1.34. The molecule has 1 heterocycles. The Morgan fingerprint density at radius 1 is 1.39 bits per heavy atom. The van der Waals surface area contributed by atoms with E-state index < -0.39 is 5.82 Å². The molecule has 2 rings (SSSR count). The minimum atomic E-state index is -0.559. The Kier molecular flexibility index (Phi) is 4.28. The summed E-state index contributed by atoms with van der Waals surface area (Å²) in [5, 5.41) is 2.51. The van der Waals surface area contributed by atoms with Gasteiger partial charge >= 0.3 is 0 Å². The molecule has 0 aliphatic carbocycles. The molecule has 0 unspecified atom stereocenters. The number of carbonyl (C=O) groups is 1. The Bertz CT molecular complexity index is 606. The molecule has 1 N–H and O–H groups in total. The van der Waals surface area contributed by atoms with E-state index in [-0.39, 0.29) is 11.6 Å². The average molecular weight is 421 g/mol. The van der Waals surface area contributed by atoms with Crippen LogP contribution in [-0.4, -0.2) is 10.9 Å². The van der Waals surface area contributed by atoms with Crippen molar-refractivity contribution in [1.82, 2.24) is 4.98 Å². The second-order valence-corrected chi connectivity index (χ2v) is 5.51. The molecule has 6 heteroatoms. The minimum Gasteiger partial charge on any atom is -0.319 e. The van der Waals surface area contributed by atoms with Crippen LogP contribution in [0.15, 0.2) is 41.1 Å². The van der Waals surface area contributed by atoms with E-state index in [0.29, 0.717) is 5.56 Å². The van der Waals surface area contributed by atoms with Crippen molar-refractivity contribution in [3.05, 3.63) is 56.1 Å². The van der Waals surface area contributed by atoms with Crippen molar-refractivity contribution >= 4 is 50.1 Å². The Labute approximate surface area is 125 Å². The van der Waals surface area contributed by atoms with Gasteiger partial charge in [0.05, 0.1) is 17.4 Å². The molecule has 1 aromatic heterocycles. The summed E-state index contributed by atoms with van der Waals surface area (Å²) in [6.45, 7) is 0. The highest BCUT2D eigenvalue weighted by Crippen LogP contribution is 2.20. The number of anilines is 1. The summed E-state index contributed by atoms with van der Waals surface area (Å²) in [6, 6.07) is 6.75. The normalized spacial score (nSPS) is 10.2. The molecule has 1 amide bonds. The summed E-state index contributed by atoms with van der Waals surface area (Å²) >= 11 is 5.35. The van der Waals surface area contributed by atoms with Crippen molar-refractivity contribution in [2.75, 3.05) is 5.32 Å². The van der Waals surface area contributed by atoms with Crippen molar-refractivity contribution in [2.24, 2.45) is 0 Å². The van der Waals surface area contributed by atoms with Gasteiger partial charge in [0.15, 0.2) is 5.82 Å². The average Bonchev–Trinajstić information content (AvgIpc) is 2.35. The van der Waals surface area contributed by atoms with Gasteiger partial charge in [-0.2, -0.15) is 0 Å². The van der Waals surface area contributed by atoms with Gasteiger partial charge in [0.2, 0.25) is 0 Å². The third-order valence-electron chi connectivity index (χ3n) is 2.19. The first-order valence-corrected chi connectivity index (χ1v) is 6.81. The lowest BCUT2D eigenvalue weighted by molar-refractivity contribution is 0.102. The number of nitrogens with one attached hydrogen (secondary N) is 1. The smallest absolute Gasteiger partial charge is 0.256 e. The van der Waals surface area contributed by atoms with Crippen LogP contribution < -0.4 is 5.32 Å². The van der Waals surface area contributed by atoms with Crippen molar-refractivity contribution in [3.8, 4) is 0 Å². The molecule has 3 nitrogen and oxygen atoms in total. The molecule has 0 saturated carbocycles. The molecule has 0 radical (unpaired) electrons. The number of rotatable bonds is 2. The maximum absolute atomic E-state index is 13.4. The third-order valence-corrected chi connectivity index (χ3v) is 3.63. The highest BCUT2D eigenvalue weighted by Gasteiger charge is 2.12. The molecule has 0 atom stereocenters. The fourth-order valence-corrected chi connectivity index (χ4v) is 2.28. The van der Waals surface area contributed by atoms with Gasteiger partial charge in [0.25, 0.3) is 5.91 Å². The Hall–Kier alpha value is -1.02. The van der Waals surface area contributed by atoms with Crippen LogP contribution in [0.4, 0.5) is 10.1 Å². The van der Waals surface area contributed by atoms with E-state index >= 15 is 0 Å². The number of carbonyl (C=O) groups excluding carboxylic acids is 1. The summed E-state index contributed by atoms with van der Waals surface area (Å²) in [6.07, 6.45) is 2.48. The van der Waals surface area contributed by atoms with E-state index in [9.17, 15) is 9.18 Å². The van der Waals surface area contributed by atoms with Gasteiger partial charge in [0.1, 0.15) is 0 Å². The molecule has 0 aliphatic heterocycles. The SMILES string of the molecule is O=C(Nc1ccncc1F)c1cc(Br)ccc1I. The summed E-state index contributed by atoms with van der Waals surface area (Å²) < 4.78 is 14.9. The lowest BCUT2D eigenvalue weighted by atomic mass is 10.2. The number of aromatic nitrogens is 1. The fraction of sp³-hybridized carbons (Fsp3) is 0. The molecular weight excluding hydrogens is 414 g/mol. The number of hydrogen-bond acceptors (Lipinski definition) is 2. The molecule has 0 aliphatic rings. The van der Waals surface area contributed by atoms with Gasteiger partial charge in [-0.3, -0.25) is 9.78 Å². The van der Waals surface area contributed by atoms with Crippen molar-refractivity contribution in [3.63, 3.8) is 0 Å². The van der Waals surface area contributed by atoms with Crippen molar-refractivity contribution in [1.29, 1.82) is 0 Å². The lowest BCUT2D eigenvalue weighted by Crippen LogP contribution is -2.14. The number of benzene rings is 1. The summed E-state index contributed by atoms with van der Waals surface area (Å²) in [4.78, 5) is 15.6. The molecule has 18 heavy (non-hydrogen) atoms. The number of pyridine rings is 1. The molecule has 0 bridgehead atoms. The summed E-state index contributed by atoms with van der Waals surface area (Å²) in [5.41, 5.74) is 0.604. The van der Waals surface area contributed by atoms with Gasteiger partial charge in [-0.1, -0.05) is 15.9 Å². The first kappa shape index (κ1) is 13.4. The number of hydrogen-bond donors (Lipinski definition) is 1. The number of nitrogens with zero attached hydrogens (tertiary/aromatic N) is 1. The molecule has 0 saturated heterocycles. The molecule has 0 fully saturated rings. The Morgan fingerprint density at radius 2 is 2.17 bits per heavy atom. The van der Waals surface area contributed by atoms with Crippen molar-refractivity contribution < 1.29 is 9.18 Å². The van der Waals surface area contributed by atoms with Crippen LogP contribution in [0.5, 0.6) is 0 Å². The predicted octanol–water partition coefficient (Wildman–Crippen LogP) is 3.84. The van der Waals surface area contributed by atoms with E-state index in [1.54, 1.807) is 6.07 Å². The van der Waals surface area contributed by atoms with Gasteiger partial charge in [-0.15, -0.1) is 0 Å². The van der Waals surface area contributed by atoms with Crippen molar-refractivity contribution in [2.45, 2.75) is 0 Å². The van der Waals surface area contributed by atoms with Crippen LogP contribution in [0.2, 0.25) is 0 Å². The van der Waals surface area contributed by atoms with Gasteiger partial charge < -0.3 is 5.32 Å². The predicted molar refractivity (Wildman–Crippen MR) is 79.0 cm³/mol. The van der Waals surface area contributed by atoms with Crippen LogP contribution in [0.1, 0.15) is 10.4 Å². The maximum atomic E-state index is 13.4. The van der Waals surface area contributed by atoms with E-state index in [2.05, 4.69) is 48.8 Å². The molecule has 0 spiro atoms. The maximum Gasteiger partial charge on any atom is 0.256 e. The molecule has 2 aromatic rings. The van der Waals surface area contributed by atoms with Crippen LogP contribution in [0.25, 0.3) is 0 Å². The molecular formula is C12H7BrFIN2O. The van der Waals surface area contributed by atoms with Gasteiger partial charge in [-0.25, -0.2) is 4.39 Å². The highest BCUT2D eigenvalue weighted by molar-refractivity contribution is 14.1. The standard InChI is InChI=1S/C12H7BrFIN2O/c13-7-1-2-10(15)8(5-7)12(18)17-11-3-4-16-6-9(11)14/h1-6H,(H,16,17,18). The topological polar surface area (TPSA) is 42.0 Å². The lowest BCUT2D eigenvalue weighted by Gasteiger charge is -2.07. The zero-order chi connectivity index (χ0) is 13.1. The van der Waals surface area contributed by atoms with Gasteiger partial charge in [-0.05, 0) is 46.9 Å². The molecule has 92 valence electrons. The summed E-state index contributed by atoms with van der Waals surface area (Å²) in [7, 11) is 0. The Morgan fingerprint density at radius 3 is 2.89 bits per heavy atom. The highest BCUT2D eigenvalue weighted by atomic mass is 127. The van der Waals surface area contributed by atoms with Crippen LogP contribution in [-0.2, 0) is 0 Å². The third kappa shape index (κ3) is 3.05. The van der Waals surface area contributed by atoms with Crippen LogP contribution in [0.3, 0.4) is 0 Å². The zero-order valence-corrected chi connectivity index (χ0v) is 12.7. The second kappa shape index (κ2) is 5.75. The van der Waals surface area contributed by atoms with E-state index in [4.69, 9.17) is 0 Å². The minimum absolute atomic E-state index is 0.116. The largest absolute Gasteiger partial charge is 0.319 e. The van der Waals surface area contributed by atoms with E-state index in [0.717, 1.165) is 14.2 Å². The number of halogens is 3. The first-order valence-electron chi connectivity index (χ1n) is 4.94. The monoisotopic (exact) mass is 420 g/mol. The Balaban J connectivity index is 2.28. The van der Waals surface area contributed by atoms with Crippen LogP contribution in [0, 0.1) is 9.39 Å².